The average Bonchev–Trinajstić information content (AvgIpc) is 2.83. The molecule has 2 aromatic rings. The summed E-state index contributed by atoms with van der Waals surface area (Å²) in [5.41, 5.74) is 2.84. The molecule has 4 heteroatoms. The van der Waals surface area contributed by atoms with Gasteiger partial charge in [-0.15, -0.1) is 0 Å². The highest BCUT2D eigenvalue weighted by Crippen LogP contribution is 2.49. The van der Waals surface area contributed by atoms with Crippen molar-refractivity contribution in [1.29, 1.82) is 0 Å². The van der Waals surface area contributed by atoms with Gasteiger partial charge in [0.15, 0.2) is 0 Å². The number of rotatable bonds is 2. The second kappa shape index (κ2) is 5.84. The fourth-order valence-electron chi connectivity index (χ4n) is 3.97. The Balaban J connectivity index is 1.70. The van der Waals surface area contributed by atoms with Gasteiger partial charge in [0.05, 0.1) is 5.69 Å². The molecule has 4 rings (SSSR count). The van der Waals surface area contributed by atoms with E-state index >= 15 is 0 Å². The van der Waals surface area contributed by atoms with Crippen LogP contribution in [0.5, 0.6) is 0 Å². The van der Waals surface area contributed by atoms with Crippen molar-refractivity contribution in [2.75, 3.05) is 32.1 Å². The molecule has 2 aliphatic rings. The summed E-state index contributed by atoms with van der Waals surface area (Å²) in [5, 5.41) is 0. The summed E-state index contributed by atoms with van der Waals surface area (Å²) in [6, 6.07) is 14.0. The molecule has 2 aliphatic heterocycles. The lowest BCUT2D eigenvalue weighted by Gasteiger charge is -2.35. The number of likely N-dealkylation sites (tertiary alicyclic amines) is 1. The zero-order chi connectivity index (χ0) is 16.0. The quantitative estimate of drug-likeness (QED) is 0.815. The fraction of sp³-hybridized carbons (Fsp3) is 0.368. The molecule has 2 nitrogen and oxygen atoms in total. The van der Waals surface area contributed by atoms with Gasteiger partial charge >= 0.3 is 0 Å². The van der Waals surface area contributed by atoms with E-state index in [0.717, 1.165) is 11.4 Å². The van der Waals surface area contributed by atoms with Crippen molar-refractivity contribution in [3.05, 3.63) is 53.8 Å². The Morgan fingerprint density at radius 3 is 2.65 bits per heavy atom. The molecular formula is C19H21FN2S. The van der Waals surface area contributed by atoms with E-state index in [-0.39, 0.29) is 5.82 Å². The van der Waals surface area contributed by atoms with Crippen molar-refractivity contribution in [3.63, 3.8) is 0 Å². The molecule has 0 radical (unpaired) electrons. The smallest absolute Gasteiger partial charge is 0.123 e. The van der Waals surface area contributed by atoms with Crippen LogP contribution in [0.2, 0.25) is 0 Å². The molecule has 0 amide bonds. The molecule has 23 heavy (non-hydrogen) atoms. The maximum atomic E-state index is 13.1. The van der Waals surface area contributed by atoms with E-state index in [1.807, 2.05) is 12.1 Å². The maximum absolute atomic E-state index is 13.1. The average molecular weight is 328 g/mol. The van der Waals surface area contributed by atoms with Gasteiger partial charge in [-0.3, -0.25) is 0 Å². The molecule has 0 saturated carbocycles. The zero-order valence-corrected chi connectivity index (χ0v) is 14.3. The summed E-state index contributed by atoms with van der Waals surface area (Å²) in [6.45, 7) is 2.30. The van der Waals surface area contributed by atoms with E-state index in [1.165, 1.54) is 41.2 Å². The molecule has 2 aromatic carbocycles. The summed E-state index contributed by atoms with van der Waals surface area (Å²) in [6.07, 6.45) is 1.22. The standard InChI is InChI=1S/C19H21FN2S/c1-21-11-10-17-16(12-21)15-4-3-5-18(19(15)22(17)2)23-14-8-6-13(20)7-9-14/h3-9,16-17H,10-12H2,1-2H3/t16?,17-/m0/s1. The molecule has 1 saturated heterocycles. The summed E-state index contributed by atoms with van der Waals surface area (Å²) in [5.74, 6) is 0.418. The van der Waals surface area contributed by atoms with Crippen molar-refractivity contribution < 1.29 is 4.39 Å². The number of nitrogens with zero attached hydrogens (tertiary/aromatic N) is 2. The molecule has 0 spiro atoms. The van der Waals surface area contributed by atoms with Gasteiger partial charge in [0.25, 0.3) is 0 Å². The van der Waals surface area contributed by atoms with E-state index < -0.39 is 0 Å². The molecule has 120 valence electrons. The molecule has 1 fully saturated rings. The van der Waals surface area contributed by atoms with Crippen LogP contribution in [0.1, 0.15) is 17.9 Å². The molecule has 2 atom stereocenters. The summed E-state index contributed by atoms with van der Waals surface area (Å²) < 4.78 is 13.1. The van der Waals surface area contributed by atoms with Crippen LogP contribution in [0.3, 0.4) is 0 Å². The van der Waals surface area contributed by atoms with E-state index in [1.54, 1.807) is 11.8 Å². The normalized spacial score (nSPS) is 23.7. The third-order valence-electron chi connectivity index (χ3n) is 5.10. The van der Waals surface area contributed by atoms with Crippen molar-refractivity contribution in [2.45, 2.75) is 28.2 Å². The Labute approximate surface area is 141 Å². The third kappa shape index (κ3) is 2.64. The highest BCUT2D eigenvalue weighted by Gasteiger charge is 2.40. The molecule has 0 aromatic heterocycles. The van der Waals surface area contributed by atoms with Gasteiger partial charge in [-0.2, -0.15) is 0 Å². The highest BCUT2D eigenvalue weighted by molar-refractivity contribution is 7.99. The lowest BCUT2D eigenvalue weighted by atomic mass is 9.89. The first kappa shape index (κ1) is 15.0. The summed E-state index contributed by atoms with van der Waals surface area (Å²) in [7, 11) is 4.44. The molecular weight excluding hydrogens is 307 g/mol. The van der Waals surface area contributed by atoms with Gasteiger partial charge in [0, 0.05) is 35.3 Å². The van der Waals surface area contributed by atoms with Crippen LogP contribution in [0.25, 0.3) is 0 Å². The fourth-order valence-corrected chi connectivity index (χ4v) is 5.00. The minimum Gasteiger partial charge on any atom is -0.370 e. The zero-order valence-electron chi connectivity index (χ0n) is 13.5. The van der Waals surface area contributed by atoms with Crippen molar-refractivity contribution >= 4 is 17.4 Å². The van der Waals surface area contributed by atoms with Crippen LogP contribution >= 0.6 is 11.8 Å². The van der Waals surface area contributed by atoms with Gasteiger partial charge < -0.3 is 9.80 Å². The van der Waals surface area contributed by atoms with Crippen LogP contribution in [0, 0.1) is 5.82 Å². The number of benzene rings is 2. The van der Waals surface area contributed by atoms with Crippen molar-refractivity contribution in [3.8, 4) is 0 Å². The predicted octanol–water partition coefficient (Wildman–Crippen LogP) is 4.21. The topological polar surface area (TPSA) is 6.48 Å². The number of para-hydroxylation sites is 1. The van der Waals surface area contributed by atoms with Gasteiger partial charge in [-0.1, -0.05) is 23.9 Å². The van der Waals surface area contributed by atoms with Gasteiger partial charge in [0.1, 0.15) is 5.82 Å². The van der Waals surface area contributed by atoms with E-state index in [9.17, 15) is 4.39 Å². The van der Waals surface area contributed by atoms with Gasteiger partial charge in [0.2, 0.25) is 0 Å². The minimum absolute atomic E-state index is 0.182. The number of likely N-dealkylation sites (N-methyl/N-ethyl adjacent to an activating group) is 2. The Bertz CT molecular complexity index is 716. The molecule has 1 unspecified atom stereocenters. The van der Waals surface area contributed by atoms with Crippen LogP contribution in [0.4, 0.5) is 10.1 Å². The predicted molar refractivity (Wildman–Crippen MR) is 94.0 cm³/mol. The number of piperidine rings is 1. The number of halogens is 1. The third-order valence-corrected chi connectivity index (χ3v) is 6.16. The van der Waals surface area contributed by atoms with Crippen LogP contribution in [0.15, 0.2) is 52.3 Å². The largest absolute Gasteiger partial charge is 0.370 e. The lowest BCUT2D eigenvalue weighted by Crippen LogP contribution is -2.43. The van der Waals surface area contributed by atoms with Crippen molar-refractivity contribution in [1.82, 2.24) is 4.90 Å². The second-order valence-electron chi connectivity index (χ2n) is 6.59. The number of hydrogen-bond acceptors (Lipinski definition) is 3. The SMILES string of the molecule is CN1CC[C@H]2C(C1)c1cccc(Sc3ccc(F)cc3)c1N2C. The van der Waals surface area contributed by atoms with E-state index in [4.69, 9.17) is 0 Å². The van der Waals surface area contributed by atoms with Crippen LogP contribution in [-0.2, 0) is 0 Å². The first-order chi connectivity index (χ1) is 11.1. The van der Waals surface area contributed by atoms with Gasteiger partial charge in [-0.05, 0) is 55.9 Å². The first-order valence-electron chi connectivity index (χ1n) is 8.11. The van der Waals surface area contributed by atoms with E-state index in [2.05, 4.69) is 42.1 Å². The second-order valence-corrected chi connectivity index (χ2v) is 7.70. The lowest BCUT2D eigenvalue weighted by molar-refractivity contribution is 0.234. The Kier molecular flexibility index (Phi) is 3.82. The van der Waals surface area contributed by atoms with Gasteiger partial charge in [-0.25, -0.2) is 4.39 Å². The maximum Gasteiger partial charge on any atom is 0.123 e. The molecule has 0 N–H and O–H groups in total. The Morgan fingerprint density at radius 1 is 1.09 bits per heavy atom. The van der Waals surface area contributed by atoms with Crippen molar-refractivity contribution in [2.24, 2.45) is 0 Å². The van der Waals surface area contributed by atoms with E-state index in [0.29, 0.717) is 12.0 Å². The molecule has 0 bridgehead atoms. The van der Waals surface area contributed by atoms with Crippen LogP contribution in [-0.4, -0.2) is 38.1 Å². The van der Waals surface area contributed by atoms with Crippen LogP contribution < -0.4 is 4.90 Å². The number of hydrogen-bond donors (Lipinski definition) is 0. The Hall–Kier alpha value is -1.52. The molecule has 2 heterocycles. The molecule has 0 aliphatic carbocycles. The minimum atomic E-state index is -0.182. The highest BCUT2D eigenvalue weighted by atomic mass is 32.2. The number of fused-ring (bicyclic) bond motifs is 3. The first-order valence-corrected chi connectivity index (χ1v) is 8.93. The monoisotopic (exact) mass is 328 g/mol. The summed E-state index contributed by atoms with van der Waals surface area (Å²) in [4.78, 5) is 7.26. The summed E-state index contributed by atoms with van der Waals surface area (Å²) >= 11 is 1.73. The number of anilines is 1. The Morgan fingerprint density at radius 2 is 1.87 bits per heavy atom.